The lowest BCUT2D eigenvalue weighted by Gasteiger charge is -2.12. The van der Waals surface area contributed by atoms with E-state index in [2.05, 4.69) is 15.4 Å². The molecule has 0 unspecified atom stereocenters. The minimum atomic E-state index is -3.71. The lowest BCUT2D eigenvalue weighted by molar-refractivity contribution is 0.0991. The Morgan fingerprint density at radius 1 is 1.11 bits per heavy atom. The topological polar surface area (TPSA) is 110 Å². The van der Waals surface area contributed by atoms with Crippen molar-refractivity contribution in [1.29, 1.82) is 0 Å². The molecule has 10 heteroatoms. The number of nitrogens with zero attached hydrogens (tertiary/aromatic N) is 4. The Labute approximate surface area is 155 Å². The number of nitrogens with one attached hydrogen (secondary N) is 1. The number of aromatic nitrogens is 3. The quantitative estimate of drug-likeness (QED) is 0.716. The van der Waals surface area contributed by atoms with Gasteiger partial charge < -0.3 is 9.73 Å². The van der Waals surface area contributed by atoms with E-state index in [0.29, 0.717) is 24.6 Å². The van der Waals surface area contributed by atoms with Crippen LogP contribution in [0.5, 0.6) is 0 Å². The zero-order valence-corrected chi connectivity index (χ0v) is 15.1. The largest absolute Gasteiger partial charge is 0.438 e. The summed E-state index contributed by atoms with van der Waals surface area (Å²) in [5.41, 5.74) is 0.423. The molecule has 0 aromatic carbocycles. The van der Waals surface area contributed by atoms with Crippen LogP contribution in [-0.4, -0.2) is 46.5 Å². The molecule has 0 aliphatic carbocycles. The summed E-state index contributed by atoms with van der Waals surface area (Å²) < 4.78 is 33.3. The highest BCUT2D eigenvalue weighted by Gasteiger charge is 2.30. The molecule has 1 aliphatic heterocycles. The fraction of sp³-hybridized carbons (Fsp3) is 0.235. The molecule has 27 heavy (non-hydrogen) atoms. The van der Waals surface area contributed by atoms with Crippen LogP contribution in [-0.2, 0) is 10.0 Å². The van der Waals surface area contributed by atoms with Crippen LogP contribution >= 0.6 is 0 Å². The van der Waals surface area contributed by atoms with E-state index in [1.54, 1.807) is 36.8 Å². The van der Waals surface area contributed by atoms with Gasteiger partial charge in [0.1, 0.15) is 0 Å². The average Bonchev–Trinajstić information content (AvgIpc) is 3.44. The fourth-order valence-corrected chi connectivity index (χ4v) is 4.32. The second kappa shape index (κ2) is 6.97. The maximum absolute atomic E-state index is 12.5. The summed E-state index contributed by atoms with van der Waals surface area (Å²) in [5.74, 6) is -0.227. The first kappa shape index (κ1) is 17.4. The molecule has 1 saturated heterocycles. The third-order valence-corrected chi connectivity index (χ3v) is 5.99. The van der Waals surface area contributed by atoms with Gasteiger partial charge >= 0.3 is 0 Å². The molecule has 3 aromatic heterocycles. The van der Waals surface area contributed by atoms with Gasteiger partial charge in [0.25, 0.3) is 15.9 Å². The fourth-order valence-electron chi connectivity index (χ4n) is 2.89. The molecule has 9 nitrogen and oxygen atoms in total. The molecule has 1 N–H and O–H groups in total. The molecule has 0 bridgehead atoms. The van der Waals surface area contributed by atoms with Crippen LogP contribution in [0.1, 0.15) is 23.4 Å². The molecule has 3 aromatic rings. The second-order valence-corrected chi connectivity index (χ2v) is 7.88. The van der Waals surface area contributed by atoms with Crippen molar-refractivity contribution in [2.24, 2.45) is 0 Å². The molecule has 0 atom stereocenters. The van der Waals surface area contributed by atoms with Crippen molar-refractivity contribution in [2.45, 2.75) is 17.9 Å². The monoisotopic (exact) mass is 387 g/mol. The Bertz CT molecular complexity index is 1050. The van der Waals surface area contributed by atoms with Crippen LogP contribution < -0.4 is 5.32 Å². The third kappa shape index (κ3) is 3.36. The molecular weight excluding hydrogens is 370 g/mol. The van der Waals surface area contributed by atoms with E-state index < -0.39 is 15.9 Å². The highest BCUT2D eigenvalue weighted by Crippen LogP contribution is 2.24. The maximum Gasteiger partial charge on any atom is 0.291 e. The van der Waals surface area contributed by atoms with Crippen molar-refractivity contribution in [3.05, 3.63) is 54.7 Å². The van der Waals surface area contributed by atoms with Crippen LogP contribution in [0.2, 0.25) is 0 Å². The van der Waals surface area contributed by atoms with Gasteiger partial charge in [-0.15, -0.1) is 0 Å². The first-order chi connectivity index (χ1) is 13.1. The number of furan rings is 1. The predicted molar refractivity (Wildman–Crippen MR) is 96.0 cm³/mol. The van der Waals surface area contributed by atoms with Crippen LogP contribution in [0.3, 0.4) is 0 Å². The minimum absolute atomic E-state index is 0.0944. The highest BCUT2D eigenvalue weighted by molar-refractivity contribution is 7.89. The molecule has 0 radical (unpaired) electrons. The molecule has 140 valence electrons. The maximum atomic E-state index is 12.5. The lowest BCUT2D eigenvalue weighted by Crippen LogP contribution is -2.27. The van der Waals surface area contributed by atoms with Crippen LogP contribution in [0.4, 0.5) is 5.69 Å². The summed E-state index contributed by atoms with van der Waals surface area (Å²) in [6.45, 7) is 0.932. The number of carbonyl (C=O) groups excluding carboxylic acids is 1. The van der Waals surface area contributed by atoms with Gasteiger partial charge in [0.05, 0.1) is 5.69 Å². The first-order valence-electron chi connectivity index (χ1n) is 8.42. The van der Waals surface area contributed by atoms with E-state index in [1.165, 1.54) is 21.1 Å². The Kier molecular flexibility index (Phi) is 4.50. The molecular formula is C17H17N5O4S. The van der Waals surface area contributed by atoms with Crippen molar-refractivity contribution in [3.63, 3.8) is 0 Å². The standard InChI is InChI=1S/C17H17N5O4S/c23-17(20-13-5-3-8-18-16(13)22-12-4-9-19-22)14-6-7-15(26-14)27(24,25)21-10-1-2-11-21/h3-9,12H,1-2,10-11H2,(H,20,23). The van der Waals surface area contributed by atoms with E-state index in [-0.39, 0.29) is 10.9 Å². The summed E-state index contributed by atoms with van der Waals surface area (Å²) in [6, 6.07) is 7.74. The molecule has 0 saturated carbocycles. The van der Waals surface area contributed by atoms with Gasteiger partial charge in [-0.05, 0) is 43.2 Å². The van der Waals surface area contributed by atoms with E-state index >= 15 is 0 Å². The number of carbonyl (C=O) groups is 1. The number of hydrogen-bond donors (Lipinski definition) is 1. The van der Waals surface area contributed by atoms with Crippen LogP contribution in [0.15, 0.2) is 58.4 Å². The van der Waals surface area contributed by atoms with Crippen molar-refractivity contribution in [3.8, 4) is 5.82 Å². The number of pyridine rings is 1. The van der Waals surface area contributed by atoms with Gasteiger partial charge in [-0.3, -0.25) is 4.79 Å². The number of anilines is 1. The highest BCUT2D eigenvalue weighted by atomic mass is 32.2. The number of rotatable bonds is 5. The summed E-state index contributed by atoms with van der Waals surface area (Å²) >= 11 is 0. The Hall–Kier alpha value is -2.98. The summed E-state index contributed by atoms with van der Waals surface area (Å²) in [5, 5.41) is 6.56. The minimum Gasteiger partial charge on any atom is -0.438 e. The normalized spacial score (nSPS) is 15.1. The van der Waals surface area contributed by atoms with Crippen molar-refractivity contribution in [1.82, 2.24) is 19.1 Å². The van der Waals surface area contributed by atoms with Gasteiger partial charge in [-0.2, -0.15) is 9.40 Å². The number of amides is 1. The Morgan fingerprint density at radius 3 is 2.67 bits per heavy atom. The lowest BCUT2D eigenvalue weighted by atomic mass is 10.3. The Morgan fingerprint density at radius 2 is 1.93 bits per heavy atom. The first-order valence-corrected chi connectivity index (χ1v) is 9.86. The molecule has 4 rings (SSSR count). The number of sulfonamides is 1. The summed E-state index contributed by atoms with van der Waals surface area (Å²) in [4.78, 5) is 16.7. The third-order valence-electron chi connectivity index (χ3n) is 4.22. The average molecular weight is 387 g/mol. The SMILES string of the molecule is O=C(Nc1cccnc1-n1cccn1)c1ccc(S(=O)(=O)N2CCCC2)o1. The zero-order chi connectivity index (χ0) is 18.9. The molecule has 0 spiro atoms. The van der Waals surface area contributed by atoms with Gasteiger partial charge in [0.15, 0.2) is 11.6 Å². The van der Waals surface area contributed by atoms with Crippen molar-refractivity contribution < 1.29 is 17.6 Å². The van der Waals surface area contributed by atoms with Crippen LogP contribution in [0.25, 0.3) is 5.82 Å². The molecule has 4 heterocycles. The molecule has 1 aliphatic rings. The molecule has 1 fully saturated rings. The van der Waals surface area contributed by atoms with Crippen LogP contribution in [0, 0.1) is 0 Å². The van der Waals surface area contributed by atoms with E-state index in [1.807, 2.05) is 0 Å². The van der Waals surface area contributed by atoms with Gasteiger partial charge in [0.2, 0.25) is 5.09 Å². The van der Waals surface area contributed by atoms with Crippen molar-refractivity contribution in [2.75, 3.05) is 18.4 Å². The van der Waals surface area contributed by atoms with Gasteiger partial charge in [-0.25, -0.2) is 18.1 Å². The van der Waals surface area contributed by atoms with E-state index in [9.17, 15) is 13.2 Å². The Balaban J connectivity index is 1.56. The summed E-state index contributed by atoms with van der Waals surface area (Å²) in [7, 11) is -3.71. The van der Waals surface area contributed by atoms with E-state index in [0.717, 1.165) is 12.8 Å². The number of hydrogen-bond acceptors (Lipinski definition) is 6. The second-order valence-electron chi connectivity index (χ2n) is 6.01. The molecule has 1 amide bonds. The van der Waals surface area contributed by atoms with E-state index in [4.69, 9.17) is 4.42 Å². The van der Waals surface area contributed by atoms with Crippen molar-refractivity contribution >= 4 is 21.6 Å². The zero-order valence-electron chi connectivity index (χ0n) is 14.3. The van der Waals surface area contributed by atoms with Gasteiger partial charge in [-0.1, -0.05) is 0 Å². The summed E-state index contributed by atoms with van der Waals surface area (Å²) in [6.07, 6.45) is 6.53. The predicted octanol–water partition coefficient (Wildman–Crippen LogP) is 1.90. The smallest absolute Gasteiger partial charge is 0.291 e. The van der Waals surface area contributed by atoms with Gasteiger partial charge in [0, 0.05) is 31.7 Å².